The third kappa shape index (κ3) is 6.27. The zero-order chi connectivity index (χ0) is 17.6. The molecule has 2 amide bonds. The van der Waals surface area contributed by atoms with Crippen molar-refractivity contribution < 1.29 is 28.6 Å². The number of ketones is 1. The Morgan fingerprint density at radius 2 is 1.87 bits per heavy atom. The minimum atomic E-state index is -0.688. The van der Waals surface area contributed by atoms with Crippen LogP contribution in [0.2, 0.25) is 0 Å². The quantitative estimate of drug-likeness (QED) is 0.548. The summed E-state index contributed by atoms with van der Waals surface area (Å²) in [6.07, 6.45) is 0.691. The molecular formula is C16H27NO6. The van der Waals surface area contributed by atoms with E-state index in [0.29, 0.717) is 19.3 Å². The first-order valence-corrected chi connectivity index (χ1v) is 7.79. The van der Waals surface area contributed by atoms with Crippen molar-refractivity contribution >= 4 is 17.8 Å². The summed E-state index contributed by atoms with van der Waals surface area (Å²) in [7, 11) is 3.12. The summed E-state index contributed by atoms with van der Waals surface area (Å²) in [5.74, 6) is -0.970. The van der Waals surface area contributed by atoms with Crippen LogP contribution >= 0.6 is 0 Å². The van der Waals surface area contributed by atoms with Crippen LogP contribution in [0.4, 0.5) is 4.79 Å². The van der Waals surface area contributed by atoms with E-state index in [-0.39, 0.29) is 31.0 Å². The smallest absolute Gasteiger partial charge is 0.417 e. The number of carbonyl (C=O) groups excluding carboxylic acids is 3. The second-order valence-corrected chi connectivity index (χ2v) is 6.66. The van der Waals surface area contributed by atoms with Gasteiger partial charge in [-0.15, -0.1) is 0 Å². The van der Waals surface area contributed by atoms with Crippen LogP contribution in [0.15, 0.2) is 0 Å². The highest BCUT2D eigenvalue weighted by Crippen LogP contribution is 2.22. The van der Waals surface area contributed by atoms with Crippen LogP contribution in [0, 0.1) is 5.92 Å². The molecule has 23 heavy (non-hydrogen) atoms. The van der Waals surface area contributed by atoms with Crippen molar-refractivity contribution in [3.8, 4) is 0 Å². The summed E-state index contributed by atoms with van der Waals surface area (Å²) >= 11 is 0. The number of Topliss-reactive ketones (excluding diaryl/α,β-unsaturated/α-hetero) is 1. The van der Waals surface area contributed by atoms with Crippen LogP contribution in [-0.2, 0) is 23.8 Å². The fourth-order valence-corrected chi connectivity index (χ4v) is 2.42. The topological polar surface area (TPSA) is 82.1 Å². The Labute approximate surface area is 137 Å². The summed E-state index contributed by atoms with van der Waals surface area (Å²) in [6, 6.07) is 0. The van der Waals surface area contributed by atoms with E-state index in [1.165, 1.54) is 0 Å². The fraction of sp³-hybridized carbons (Fsp3) is 0.812. The van der Waals surface area contributed by atoms with Crippen LogP contribution in [-0.4, -0.2) is 55.3 Å². The monoisotopic (exact) mass is 329 g/mol. The molecule has 0 saturated carbocycles. The van der Waals surface area contributed by atoms with Crippen molar-refractivity contribution in [1.29, 1.82) is 0 Å². The number of carbonyl (C=O) groups is 3. The van der Waals surface area contributed by atoms with Gasteiger partial charge in [-0.2, -0.15) is 0 Å². The molecule has 1 atom stereocenters. The van der Waals surface area contributed by atoms with E-state index in [0.717, 1.165) is 4.90 Å². The summed E-state index contributed by atoms with van der Waals surface area (Å²) in [5.41, 5.74) is -0.682. The number of piperidine rings is 1. The number of amides is 2. The van der Waals surface area contributed by atoms with Gasteiger partial charge in [0.05, 0.1) is 6.42 Å². The molecule has 7 nitrogen and oxygen atoms in total. The van der Waals surface area contributed by atoms with E-state index in [1.807, 2.05) is 0 Å². The minimum absolute atomic E-state index is 0.0806. The molecule has 1 saturated heterocycles. The third-order valence-electron chi connectivity index (χ3n) is 3.62. The first-order valence-electron chi connectivity index (χ1n) is 7.79. The molecular weight excluding hydrogens is 302 g/mol. The van der Waals surface area contributed by atoms with Gasteiger partial charge >= 0.3 is 6.09 Å². The van der Waals surface area contributed by atoms with Gasteiger partial charge in [-0.05, 0) is 40.0 Å². The lowest BCUT2D eigenvalue weighted by Crippen LogP contribution is -2.49. The molecule has 0 aliphatic carbocycles. The van der Waals surface area contributed by atoms with Gasteiger partial charge in [0.15, 0.2) is 6.29 Å². The maximum absolute atomic E-state index is 12.1. The number of hydrogen-bond donors (Lipinski definition) is 0. The van der Waals surface area contributed by atoms with Gasteiger partial charge in [-0.25, -0.2) is 9.69 Å². The van der Waals surface area contributed by atoms with Gasteiger partial charge in [0, 0.05) is 26.7 Å². The Hall–Kier alpha value is -1.47. The molecule has 0 aromatic heterocycles. The average Bonchev–Trinajstić information content (AvgIpc) is 2.43. The first kappa shape index (κ1) is 19.6. The van der Waals surface area contributed by atoms with E-state index >= 15 is 0 Å². The summed E-state index contributed by atoms with van der Waals surface area (Å²) in [5, 5.41) is 0. The van der Waals surface area contributed by atoms with Crippen LogP contribution in [0.5, 0.6) is 0 Å². The molecule has 0 N–H and O–H groups in total. The molecule has 0 spiro atoms. The van der Waals surface area contributed by atoms with Gasteiger partial charge in [0.25, 0.3) is 0 Å². The second-order valence-electron chi connectivity index (χ2n) is 6.66. The molecule has 1 aliphatic heterocycles. The average molecular weight is 329 g/mol. The fourth-order valence-electron chi connectivity index (χ4n) is 2.42. The Kier molecular flexibility index (Phi) is 7.15. The van der Waals surface area contributed by atoms with Crippen molar-refractivity contribution in [3.05, 3.63) is 0 Å². The molecule has 1 heterocycles. The van der Waals surface area contributed by atoms with E-state index in [2.05, 4.69) is 0 Å². The summed E-state index contributed by atoms with van der Waals surface area (Å²) in [6.45, 7) is 5.28. The highest BCUT2D eigenvalue weighted by molar-refractivity contribution is 6.06. The largest absolute Gasteiger partial charge is 0.443 e. The molecule has 1 unspecified atom stereocenters. The third-order valence-corrected chi connectivity index (χ3v) is 3.62. The Morgan fingerprint density at radius 1 is 1.26 bits per heavy atom. The zero-order valence-corrected chi connectivity index (χ0v) is 14.6. The lowest BCUT2D eigenvalue weighted by Gasteiger charge is -2.32. The first-order chi connectivity index (χ1) is 10.7. The van der Waals surface area contributed by atoms with E-state index in [9.17, 15) is 14.4 Å². The Balaban J connectivity index is 2.59. The highest BCUT2D eigenvalue weighted by Gasteiger charge is 2.37. The maximum atomic E-state index is 12.1. The molecule has 0 bridgehead atoms. The summed E-state index contributed by atoms with van der Waals surface area (Å²) in [4.78, 5) is 37.1. The second kappa shape index (κ2) is 8.40. The molecule has 1 fully saturated rings. The van der Waals surface area contributed by atoms with Gasteiger partial charge < -0.3 is 14.2 Å². The molecule has 7 heteroatoms. The number of imide groups is 1. The number of rotatable bonds is 6. The maximum Gasteiger partial charge on any atom is 0.417 e. The van der Waals surface area contributed by atoms with Gasteiger partial charge in [0.2, 0.25) is 5.91 Å². The van der Waals surface area contributed by atoms with Crippen LogP contribution in [0.25, 0.3) is 0 Å². The predicted octanol–water partition coefficient (Wildman–Crippen LogP) is 2.13. The van der Waals surface area contributed by atoms with Gasteiger partial charge in [0.1, 0.15) is 11.4 Å². The Morgan fingerprint density at radius 3 is 2.39 bits per heavy atom. The van der Waals surface area contributed by atoms with Crippen molar-refractivity contribution in [2.24, 2.45) is 5.92 Å². The lowest BCUT2D eigenvalue weighted by atomic mass is 9.91. The lowest BCUT2D eigenvalue weighted by molar-refractivity contribution is -0.142. The van der Waals surface area contributed by atoms with E-state index in [4.69, 9.17) is 14.2 Å². The summed E-state index contributed by atoms with van der Waals surface area (Å²) < 4.78 is 15.4. The predicted molar refractivity (Wildman–Crippen MR) is 82.7 cm³/mol. The molecule has 132 valence electrons. The minimum Gasteiger partial charge on any atom is -0.443 e. The van der Waals surface area contributed by atoms with E-state index < -0.39 is 17.6 Å². The highest BCUT2D eigenvalue weighted by atomic mass is 16.7. The molecule has 1 aliphatic rings. The molecule has 0 aromatic rings. The molecule has 0 radical (unpaired) electrons. The SMILES string of the molecule is COC(CCCC1CN(C(=O)OC(C)(C)C)C(=O)CC1=O)OC. The number of nitrogens with zero attached hydrogens (tertiary/aromatic N) is 1. The number of hydrogen-bond acceptors (Lipinski definition) is 6. The molecule has 1 rings (SSSR count). The number of methoxy groups -OCH3 is 2. The van der Waals surface area contributed by atoms with Crippen molar-refractivity contribution in [2.45, 2.75) is 58.3 Å². The number of likely N-dealkylation sites (tertiary alicyclic amines) is 1. The van der Waals surface area contributed by atoms with Crippen molar-refractivity contribution in [3.63, 3.8) is 0 Å². The van der Waals surface area contributed by atoms with Gasteiger partial charge in [-0.1, -0.05) is 0 Å². The van der Waals surface area contributed by atoms with Crippen LogP contribution in [0.3, 0.4) is 0 Å². The Bertz CT molecular complexity index is 438. The number of ether oxygens (including phenoxy) is 3. The van der Waals surface area contributed by atoms with Crippen LogP contribution < -0.4 is 0 Å². The van der Waals surface area contributed by atoms with E-state index in [1.54, 1.807) is 35.0 Å². The standard InChI is InChI=1S/C16H27NO6/c1-16(2,3)23-15(20)17-10-11(12(18)9-13(17)19)7-6-8-14(21-4)22-5/h11,14H,6-10H2,1-5H3. The normalized spacial score (nSPS) is 19.4. The molecule has 0 aromatic carbocycles. The van der Waals surface area contributed by atoms with Crippen LogP contribution in [0.1, 0.15) is 46.5 Å². The van der Waals surface area contributed by atoms with Gasteiger partial charge in [-0.3, -0.25) is 9.59 Å². The van der Waals surface area contributed by atoms with Crippen molar-refractivity contribution in [1.82, 2.24) is 4.90 Å². The zero-order valence-electron chi connectivity index (χ0n) is 14.6. The van der Waals surface area contributed by atoms with Crippen molar-refractivity contribution in [2.75, 3.05) is 20.8 Å².